The van der Waals surface area contributed by atoms with Gasteiger partial charge in [-0.1, -0.05) is 18.2 Å². The highest BCUT2D eigenvalue weighted by molar-refractivity contribution is 6.21. The molecule has 0 aliphatic rings. The Morgan fingerprint density at radius 2 is 1.94 bits per heavy atom. The molecule has 1 unspecified atom stereocenters. The smallest absolute Gasteiger partial charge is 0.412 e. The Hall–Kier alpha value is -1.22. The van der Waals surface area contributed by atoms with Gasteiger partial charge in [0.1, 0.15) is 5.60 Å². The number of benzene rings is 1. The second kappa shape index (κ2) is 5.41. The van der Waals surface area contributed by atoms with Crippen LogP contribution in [-0.4, -0.2) is 11.7 Å². The molecule has 4 heteroatoms. The number of rotatable bonds is 2. The van der Waals surface area contributed by atoms with E-state index in [0.717, 1.165) is 5.56 Å². The van der Waals surface area contributed by atoms with E-state index in [1.54, 1.807) is 6.07 Å². The van der Waals surface area contributed by atoms with E-state index in [-0.39, 0.29) is 5.38 Å². The lowest BCUT2D eigenvalue weighted by molar-refractivity contribution is 0.0636. The number of carbonyl (C=O) groups is 1. The lowest BCUT2D eigenvalue weighted by Crippen LogP contribution is -2.27. The average Bonchev–Trinajstić information content (AvgIpc) is 2.14. The van der Waals surface area contributed by atoms with E-state index in [2.05, 4.69) is 5.32 Å². The van der Waals surface area contributed by atoms with Crippen molar-refractivity contribution >= 4 is 23.4 Å². The fraction of sp³-hybridized carbons (Fsp3) is 0.462. The van der Waals surface area contributed by atoms with Crippen LogP contribution in [-0.2, 0) is 4.74 Å². The Labute approximate surface area is 107 Å². The molecule has 0 bridgehead atoms. The van der Waals surface area contributed by atoms with Crippen LogP contribution in [0.3, 0.4) is 0 Å². The Bertz CT molecular complexity index is 397. The number of carbonyl (C=O) groups excluding carboxylic acids is 1. The van der Waals surface area contributed by atoms with Gasteiger partial charge in [-0.05, 0) is 39.3 Å². The van der Waals surface area contributed by atoms with E-state index >= 15 is 0 Å². The summed E-state index contributed by atoms with van der Waals surface area (Å²) in [4.78, 5) is 11.6. The molecule has 1 aromatic carbocycles. The Morgan fingerprint density at radius 1 is 1.35 bits per heavy atom. The molecule has 1 aromatic rings. The monoisotopic (exact) mass is 255 g/mol. The van der Waals surface area contributed by atoms with Crippen LogP contribution < -0.4 is 5.32 Å². The predicted molar refractivity (Wildman–Crippen MR) is 70.6 cm³/mol. The first-order valence-corrected chi connectivity index (χ1v) is 5.96. The molecular formula is C13H18ClNO2. The van der Waals surface area contributed by atoms with Crippen LogP contribution in [0.15, 0.2) is 24.3 Å². The molecule has 0 saturated carbocycles. The highest BCUT2D eigenvalue weighted by Gasteiger charge is 2.17. The third kappa shape index (κ3) is 4.65. The fourth-order valence-corrected chi connectivity index (χ4v) is 1.56. The average molecular weight is 256 g/mol. The normalized spacial score (nSPS) is 13.0. The standard InChI is InChI=1S/C13H18ClNO2/c1-9(14)10-7-5-6-8-11(10)15-12(16)17-13(2,3)4/h5-9H,1-4H3,(H,15,16). The van der Waals surface area contributed by atoms with Crippen molar-refractivity contribution in [3.63, 3.8) is 0 Å². The Balaban J connectivity index is 2.78. The number of halogens is 1. The molecule has 0 aliphatic heterocycles. The molecule has 1 rings (SSSR count). The van der Waals surface area contributed by atoms with Gasteiger partial charge in [-0.2, -0.15) is 0 Å². The highest BCUT2D eigenvalue weighted by atomic mass is 35.5. The van der Waals surface area contributed by atoms with Gasteiger partial charge >= 0.3 is 6.09 Å². The van der Waals surface area contributed by atoms with Crippen molar-refractivity contribution in [1.29, 1.82) is 0 Å². The van der Waals surface area contributed by atoms with Crippen molar-refractivity contribution in [2.75, 3.05) is 5.32 Å². The van der Waals surface area contributed by atoms with Crippen LogP contribution in [0.5, 0.6) is 0 Å². The largest absolute Gasteiger partial charge is 0.444 e. The van der Waals surface area contributed by atoms with Gasteiger partial charge in [0, 0.05) is 5.69 Å². The van der Waals surface area contributed by atoms with Gasteiger partial charge in [0.05, 0.1) is 5.38 Å². The zero-order chi connectivity index (χ0) is 13.1. The molecule has 1 N–H and O–H groups in total. The van der Waals surface area contributed by atoms with Crippen molar-refractivity contribution in [1.82, 2.24) is 0 Å². The van der Waals surface area contributed by atoms with Crippen LogP contribution in [0.2, 0.25) is 0 Å². The molecule has 0 radical (unpaired) electrons. The lowest BCUT2D eigenvalue weighted by atomic mass is 10.1. The summed E-state index contributed by atoms with van der Waals surface area (Å²) < 4.78 is 5.18. The molecule has 1 atom stereocenters. The van der Waals surface area contributed by atoms with Crippen LogP contribution >= 0.6 is 11.6 Å². The molecule has 17 heavy (non-hydrogen) atoms. The summed E-state index contributed by atoms with van der Waals surface area (Å²) in [5, 5.41) is 2.54. The number of nitrogens with one attached hydrogen (secondary N) is 1. The minimum absolute atomic E-state index is 0.166. The lowest BCUT2D eigenvalue weighted by Gasteiger charge is -2.20. The van der Waals surface area contributed by atoms with Crippen LogP contribution in [0.25, 0.3) is 0 Å². The summed E-state index contributed by atoms with van der Waals surface area (Å²) in [6.07, 6.45) is -0.470. The second-order valence-corrected chi connectivity index (χ2v) is 5.48. The number of para-hydroxylation sites is 1. The summed E-state index contributed by atoms with van der Waals surface area (Å²) >= 11 is 6.03. The predicted octanol–water partition coefficient (Wildman–Crippen LogP) is 4.33. The quantitative estimate of drug-likeness (QED) is 0.799. The molecule has 0 aliphatic carbocycles. The van der Waals surface area contributed by atoms with E-state index in [4.69, 9.17) is 16.3 Å². The first-order valence-electron chi connectivity index (χ1n) is 5.52. The van der Waals surface area contributed by atoms with Crippen molar-refractivity contribution < 1.29 is 9.53 Å². The van der Waals surface area contributed by atoms with Crippen molar-refractivity contribution in [2.24, 2.45) is 0 Å². The molecule has 1 amide bonds. The van der Waals surface area contributed by atoms with E-state index in [9.17, 15) is 4.79 Å². The molecule has 0 saturated heterocycles. The first kappa shape index (κ1) is 13.8. The highest BCUT2D eigenvalue weighted by Crippen LogP contribution is 2.27. The third-order valence-corrected chi connectivity index (χ3v) is 2.26. The minimum Gasteiger partial charge on any atom is -0.444 e. The van der Waals surface area contributed by atoms with E-state index in [1.165, 1.54) is 0 Å². The van der Waals surface area contributed by atoms with Gasteiger partial charge in [0.15, 0.2) is 0 Å². The summed E-state index contributed by atoms with van der Waals surface area (Å²) in [5.41, 5.74) is 1.05. The van der Waals surface area contributed by atoms with Crippen LogP contribution in [0, 0.1) is 0 Å². The fourth-order valence-electron chi connectivity index (χ4n) is 1.37. The maximum Gasteiger partial charge on any atom is 0.412 e. The zero-order valence-electron chi connectivity index (χ0n) is 10.6. The van der Waals surface area contributed by atoms with Gasteiger partial charge in [0.25, 0.3) is 0 Å². The molecule has 94 valence electrons. The number of amides is 1. The summed E-state index contributed by atoms with van der Waals surface area (Å²) in [5.74, 6) is 0. The van der Waals surface area contributed by atoms with Gasteiger partial charge in [-0.3, -0.25) is 5.32 Å². The van der Waals surface area contributed by atoms with Crippen LogP contribution in [0.1, 0.15) is 38.6 Å². The second-order valence-electron chi connectivity index (χ2n) is 4.83. The van der Waals surface area contributed by atoms with Gasteiger partial charge in [-0.15, -0.1) is 11.6 Å². The van der Waals surface area contributed by atoms with E-state index < -0.39 is 11.7 Å². The minimum atomic E-state index is -0.508. The van der Waals surface area contributed by atoms with Gasteiger partial charge in [-0.25, -0.2) is 4.79 Å². The van der Waals surface area contributed by atoms with Crippen molar-refractivity contribution in [3.8, 4) is 0 Å². The van der Waals surface area contributed by atoms with Crippen molar-refractivity contribution in [3.05, 3.63) is 29.8 Å². The number of hydrogen-bond acceptors (Lipinski definition) is 2. The molecule has 0 fully saturated rings. The summed E-state index contributed by atoms with van der Waals surface area (Å²) in [7, 11) is 0. The maximum atomic E-state index is 11.6. The van der Waals surface area contributed by atoms with Gasteiger partial charge in [0.2, 0.25) is 0 Å². The molecule has 0 aromatic heterocycles. The summed E-state index contributed by atoms with van der Waals surface area (Å²) in [6, 6.07) is 7.41. The SMILES string of the molecule is CC(Cl)c1ccccc1NC(=O)OC(C)(C)C. The Morgan fingerprint density at radius 3 is 2.47 bits per heavy atom. The maximum absolute atomic E-state index is 11.6. The number of hydrogen-bond donors (Lipinski definition) is 1. The molecular weight excluding hydrogens is 238 g/mol. The van der Waals surface area contributed by atoms with E-state index in [0.29, 0.717) is 5.69 Å². The molecule has 0 heterocycles. The molecule has 3 nitrogen and oxygen atoms in total. The number of ether oxygens (including phenoxy) is 1. The molecule has 0 spiro atoms. The number of anilines is 1. The number of alkyl halides is 1. The van der Waals surface area contributed by atoms with Crippen LogP contribution in [0.4, 0.5) is 10.5 Å². The first-order chi connectivity index (χ1) is 7.79. The Kier molecular flexibility index (Phi) is 4.40. The van der Waals surface area contributed by atoms with E-state index in [1.807, 2.05) is 45.9 Å². The summed E-state index contributed by atoms with van der Waals surface area (Å²) in [6.45, 7) is 7.32. The van der Waals surface area contributed by atoms with Crippen molar-refractivity contribution in [2.45, 2.75) is 38.7 Å². The topological polar surface area (TPSA) is 38.3 Å². The third-order valence-electron chi connectivity index (χ3n) is 2.02. The van der Waals surface area contributed by atoms with Gasteiger partial charge < -0.3 is 4.74 Å². The zero-order valence-corrected chi connectivity index (χ0v) is 11.3.